The number of aromatic nitrogens is 2. The average molecular weight is 459 g/mol. The first-order valence-electron chi connectivity index (χ1n) is 10.9. The smallest absolute Gasteiger partial charge is 0.305 e. The molecule has 0 N–H and O–H groups in total. The number of fused-ring (bicyclic) bond motifs is 1. The van der Waals surface area contributed by atoms with E-state index in [2.05, 4.69) is 9.72 Å². The molecular weight excluding hydrogens is 428 g/mol. The highest BCUT2D eigenvalue weighted by molar-refractivity contribution is 7.91. The van der Waals surface area contributed by atoms with E-state index in [9.17, 15) is 13.2 Å². The Morgan fingerprint density at radius 2 is 1.81 bits per heavy atom. The third-order valence-corrected chi connectivity index (χ3v) is 6.95. The molecule has 32 heavy (non-hydrogen) atoms. The maximum atomic E-state index is 13.0. The van der Waals surface area contributed by atoms with E-state index >= 15 is 0 Å². The van der Waals surface area contributed by atoms with E-state index in [-0.39, 0.29) is 16.9 Å². The molecule has 3 rings (SSSR count). The van der Waals surface area contributed by atoms with Crippen molar-refractivity contribution < 1.29 is 22.7 Å². The van der Waals surface area contributed by atoms with Crippen molar-refractivity contribution in [2.45, 2.75) is 51.1 Å². The Morgan fingerprint density at radius 3 is 2.50 bits per heavy atom. The molecule has 0 atom stereocenters. The fourth-order valence-electron chi connectivity index (χ4n) is 3.51. The number of aryl methyl sites for hydroxylation is 1. The molecule has 0 saturated carbocycles. The average Bonchev–Trinajstić information content (AvgIpc) is 3.18. The van der Waals surface area contributed by atoms with Gasteiger partial charge in [0, 0.05) is 12.1 Å². The summed E-state index contributed by atoms with van der Waals surface area (Å²) in [6.07, 6.45) is 3.24. The van der Waals surface area contributed by atoms with Crippen LogP contribution in [0.1, 0.15) is 44.6 Å². The first-order chi connectivity index (χ1) is 15.4. The van der Waals surface area contributed by atoms with E-state index in [1.54, 1.807) is 10.6 Å². The maximum Gasteiger partial charge on any atom is 0.305 e. The zero-order valence-electron chi connectivity index (χ0n) is 18.8. The van der Waals surface area contributed by atoms with Crippen molar-refractivity contribution in [1.82, 2.24) is 9.55 Å². The number of imidazole rings is 1. The number of ether oxygens (including phenoxy) is 2. The summed E-state index contributed by atoms with van der Waals surface area (Å²) in [6.45, 7) is 4.28. The standard InChI is InChI=1S/C24H30N2O5S/c1-4-17-32(28,29)24-25-23-20(26(24)19-14-12-18(2)13-15-19)9-8-10-21(23)31-16-7-5-6-11-22(27)30-3/h8-10,12-15H,4-7,11,16-17H2,1-3H3. The minimum Gasteiger partial charge on any atom is -0.491 e. The van der Waals surface area contributed by atoms with Crippen molar-refractivity contribution in [2.24, 2.45) is 0 Å². The van der Waals surface area contributed by atoms with Crippen LogP contribution in [0, 0.1) is 6.92 Å². The van der Waals surface area contributed by atoms with Gasteiger partial charge in [0.1, 0.15) is 11.3 Å². The molecule has 0 aliphatic heterocycles. The molecule has 1 aromatic heterocycles. The van der Waals surface area contributed by atoms with Crippen LogP contribution in [0.5, 0.6) is 5.75 Å². The summed E-state index contributed by atoms with van der Waals surface area (Å²) in [5.74, 6) is 0.367. The first kappa shape index (κ1) is 23.8. The molecule has 0 aliphatic rings. The van der Waals surface area contributed by atoms with Crippen LogP contribution in [0.4, 0.5) is 0 Å². The molecule has 0 fully saturated rings. The SMILES string of the molecule is CCCS(=O)(=O)c1nc2c(OCCCCCC(=O)OC)cccc2n1-c1ccc(C)cc1. The van der Waals surface area contributed by atoms with Crippen LogP contribution >= 0.6 is 0 Å². The molecule has 0 spiro atoms. The van der Waals surface area contributed by atoms with Crippen LogP contribution in [-0.2, 0) is 19.4 Å². The summed E-state index contributed by atoms with van der Waals surface area (Å²) < 4.78 is 38.4. The van der Waals surface area contributed by atoms with Gasteiger partial charge in [0.2, 0.25) is 15.0 Å². The van der Waals surface area contributed by atoms with Crippen molar-refractivity contribution in [1.29, 1.82) is 0 Å². The topological polar surface area (TPSA) is 87.5 Å². The molecule has 0 aliphatic carbocycles. The zero-order chi connectivity index (χ0) is 23.1. The number of hydrogen-bond donors (Lipinski definition) is 0. The van der Waals surface area contributed by atoms with Gasteiger partial charge < -0.3 is 9.47 Å². The summed E-state index contributed by atoms with van der Waals surface area (Å²) in [6, 6.07) is 13.2. The van der Waals surface area contributed by atoms with Gasteiger partial charge in [0.25, 0.3) is 0 Å². The molecular formula is C24H30N2O5S. The summed E-state index contributed by atoms with van der Waals surface area (Å²) in [7, 11) is -2.18. The summed E-state index contributed by atoms with van der Waals surface area (Å²) in [5, 5.41) is 0.0346. The molecule has 1 heterocycles. The summed E-state index contributed by atoms with van der Waals surface area (Å²) >= 11 is 0. The van der Waals surface area contributed by atoms with Crippen molar-refractivity contribution in [3.05, 3.63) is 48.0 Å². The van der Waals surface area contributed by atoms with Gasteiger partial charge in [-0.1, -0.05) is 30.7 Å². The Labute approximate surface area is 189 Å². The van der Waals surface area contributed by atoms with Crippen molar-refractivity contribution in [3.8, 4) is 11.4 Å². The number of para-hydroxylation sites is 1. The second kappa shape index (κ2) is 10.6. The maximum absolute atomic E-state index is 13.0. The predicted octanol–water partition coefficient (Wildman–Crippen LogP) is 4.63. The Bertz CT molecular complexity index is 1170. The highest BCUT2D eigenvalue weighted by atomic mass is 32.2. The van der Waals surface area contributed by atoms with E-state index in [0.717, 1.165) is 30.5 Å². The minimum atomic E-state index is -3.57. The molecule has 0 unspecified atom stereocenters. The van der Waals surface area contributed by atoms with Gasteiger partial charge in [-0.15, -0.1) is 0 Å². The zero-order valence-corrected chi connectivity index (χ0v) is 19.7. The van der Waals surface area contributed by atoms with Crippen LogP contribution in [0.15, 0.2) is 47.6 Å². The van der Waals surface area contributed by atoms with Gasteiger partial charge in [-0.25, -0.2) is 13.4 Å². The number of esters is 1. The lowest BCUT2D eigenvalue weighted by molar-refractivity contribution is -0.140. The first-order valence-corrected chi connectivity index (χ1v) is 12.5. The van der Waals surface area contributed by atoms with Crippen LogP contribution in [0.2, 0.25) is 0 Å². The molecule has 0 amide bonds. The van der Waals surface area contributed by atoms with E-state index < -0.39 is 9.84 Å². The van der Waals surface area contributed by atoms with Gasteiger partial charge in [-0.2, -0.15) is 0 Å². The Hall–Kier alpha value is -2.87. The van der Waals surface area contributed by atoms with Gasteiger partial charge in [-0.3, -0.25) is 9.36 Å². The summed E-state index contributed by atoms with van der Waals surface area (Å²) in [5.41, 5.74) is 3.05. The third-order valence-electron chi connectivity index (χ3n) is 5.17. The molecule has 8 heteroatoms. The van der Waals surface area contributed by atoms with E-state index in [1.807, 2.05) is 50.2 Å². The monoisotopic (exact) mass is 458 g/mol. The fraction of sp³-hybridized carbons (Fsp3) is 0.417. The third kappa shape index (κ3) is 5.48. The van der Waals surface area contributed by atoms with E-state index in [4.69, 9.17) is 4.74 Å². The number of methoxy groups -OCH3 is 1. The second-order valence-corrected chi connectivity index (χ2v) is 9.75. The minimum absolute atomic E-state index is 0.0264. The lowest BCUT2D eigenvalue weighted by Crippen LogP contribution is -2.13. The number of carbonyl (C=O) groups excluding carboxylic acids is 1. The van der Waals surface area contributed by atoms with Gasteiger partial charge in [-0.05, 0) is 56.9 Å². The number of carbonyl (C=O) groups is 1. The number of hydrogen-bond acceptors (Lipinski definition) is 6. The van der Waals surface area contributed by atoms with E-state index in [0.29, 0.717) is 36.2 Å². The van der Waals surface area contributed by atoms with E-state index in [1.165, 1.54) is 7.11 Å². The van der Waals surface area contributed by atoms with Crippen LogP contribution < -0.4 is 4.74 Å². The predicted molar refractivity (Wildman–Crippen MR) is 124 cm³/mol. The van der Waals surface area contributed by atoms with Gasteiger partial charge >= 0.3 is 5.97 Å². The normalized spacial score (nSPS) is 11.6. The van der Waals surface area contributed by atoms with Crippen molar-refractivity contribution in [3.63, 3.8) is 0 Å². The highest BCUT2D eigenvalue weighted by Gasteiger charge is 2.25. The van der Waals surface area contributed by atoms with Crippen molar-refractivity contribution in [2.75, 3.05) is 19.5 Å². The lowest BCUT2D eigenvalue weighted by Gasteiger charge is -2.10. The Balaban J connectivity index is 1.91. The van der Waals surface area contributed by atoms with Crippen LogP contribution in [0.3, 0.4) is 0 Å². The molecule has 2 aromatic carbocycles. The number of nitrogens with zero attached hydrogens (tertiary/aromatic N) is 2. The summed E-state index contributed by atoms with van der Waals surface area (Å²) in [4.78, 5) is 15.7. The number of sulfone groups is 1. The Morgan fingerprint density at radius 1 is 1.06 bits per heavy atom. The Kier molecular flexibility index (Phi) is 7.90. The number of rotatable bonds is 11. The molecule has 7 nitrogen and oxygen atoms in total. The number of benzene rings is 2. The number of unbranched alkanes of at least 4 members (excludes halogenated alkanes) is 2. The van der Waals surface area contributed by atoms with Gasteiger partial charge in [0.15, 0.2) is 0 Å². The molecule has 0 saturated heterocycles. The molecule has 172 valence electrons. The largest absolute Gasteiger partial charge is 0.491 e. The van der Waals surface area contributed by atoms with Crippen molar-refractivity contribution >= 4 is 26.8 Å². The lowest BCUT2D eigenvalue weighted by atomic mass is 10.2. The van der Waals surface area contributed by atoms with Gasteiger partial charge in [0.05, 0.1) is 25.0 Å². The molecule has 0 radical (unpaired) electrons. The quantitative estimate of drug-likeness (QED) is 0.308. The van der Waals surface area contributed by atoms with Crippen LogP contribution in [0.25, 0.3) is 16.7 Å². The fourth-order valence-corrected chi connectivity index (χ4v) is 4.95. The molecule has 3 aromatic rings. The molecule has 0 bridgehead atoms. The van der Waals surface area contributed by atoms with Crippen LogP contribution in [-0.4, -0.2) is 43.4 Å². The second-order valence-electron chi connectivity index (χ2n) is 7.74. The highest BCUT2D eigenvalue weighted by Crippen LogP contribution is 2.31.